The van der Waals surface area contributed by atoms with Gasteiger partial charge in [0.15, 0.2) is 0 Å². The molecule has 0 bridgehead atoms. The summed E-state index contributed by atoms with van der Waals surface area (Å²) < 4.78 is 0. The van der Waals surface area contributed by atoms with Gasteiger partial charge in [0, 0.05) is 6.04 Å². The molecule has 1 aliphatic rings. The minimum atomic E-state index is 0.459. The van der Waals surface area contributed by atoms with Crippen molar-refractivity contribution in [3.63, 3.8) is 0 Å². The van der Waals surface area contributed by atoms with Gasteiger partial charge in [-0.1, -0.05) is 33.1 Å². The maximum absolute atomic E-state index is 5.95. The van der Waals surface area contributed by atoms with Gasteiger partial charge in [-0.2, -0.15) is 0 Å². The van der Waals surface area contributed by atoms with E-state index < -0.39 is 0 Å². The average molecular weight is 169 g/mol. The van der Waals surface area contributed by atoms with Crippen LogP contribution < -0.4 is 5.73 Å². The normalized spacial score (nSPS) is 33.2. The number of hydrogen-bond acceptors (Lipinski definition) is 1. The fourth-order valence-corrected chi connectivity index (χ4v) is 2.37. The standard InChI is InChI=1S/C11H23N/c1-3-11(12)8-10-6-4-5-9(2)7-10/h9-11H,3-8,12H2,1-2H3. The van der Waals surface area contributed by atoms with Gasteiger partial charge in [-0.25, -0.2) is 0 Å². The summed E-state index contributed by atoms with van der Waals surface area (Å²) in [4.78, 5) is 0. The second kappa shape index (κ2) is 4.86. The lowest BCUT2D eigenvalue weighted by Crippen LogP contribution is -2.25. The maximum Gasteiger partial charge on any atom is 0.00388 e. The maximum atomic E-state index is 5.95. The van der Waals surface area contributed by atoms with Gasteiger partial charge in [0.2, 0.25) is 0 Å². The highest BCUT2D eigenvalue weighted by Crippen LogP contribution is 2.31. The Morgan fingerprint density at radius 2 is 2.17 bits per heavy atom. The van der Waals surface area contributed by atoms with Crippen molar-refractivity contribution >= 4 is 0 Å². The van der Waals surface area contributed by atoms with Gasteiger partial charge in [0.25, 0.3) is 0 Å². The van der Waals surface area contributed by atoms with Crippen LogP contribution >= 0.6 is 0 Å². The molecular weight excluding hydrogens is 146 g/mol. The van der Waals surface area contributed by atoms with Gasteiger partial charge in [0.1, 0.15) is 0 Å². The Morgan fingerprint density at radius 1 is 1.42 bits per heavy atom. The van der Waals surface area contributed by atoms with Crippen LogP contribution in [0.25, 0.3) is 0 Å². The third-order valence-corrected chi connectivity index (χ3v) is 3.21. The second-order valence-corrected chi connectivity index (χ2v) is 4.54. The topological polar surface area (TPSA) is 26.0 Å². The molecule has 0 aromatic carbocycles. The first-order valence-electron chi connectivity index (χ1n) is 5.48. The molecule has 12 heavy (non-hydrogen) atoms. The van der Waals surface area contributed by atoms with Gasteiger partial charge < -0.3 is 5.73 Å². The average Bonchev–Trinajstić information content (AvgIpc) is 2.04. The van der Waals surface area contributed by atoms with Crippen LogP contribution in [-0.2, 0) is 0 Å². The Morgan fingerprint density at radius 3 is 2.75 bits per heavy atom. The van der Waals surface area contributed by atoms with E-state index in [1.54, 1.807) is 0 Å². The first-order valence-corrected chi connectivity index (χ1v) is 5.48. The zero-order chi connectivity index (χ0) is 8.97. The van der Waals surface area contributed by atoms with E-state index in [0.29, 0.717) is 6.04 Å². The van der Waals surface area contributed by atoms with Gasteiger partial charge in [-0.15, -0.1) is 0 Å². The summed E-state index contributed by atoms with van der Waals surface area (Å²) in [5.74, 6) is 1.89. The lowest BCUT2D eigenvalue weighted by molar-refractivity contribution is 0.255. The number of rotatable bonds is 3. The van der Waals surface area contributed by atoms with E-state index in [0.717, 1.165) is 18.3 Å². The summed E-state index contributed by atoms with van der Waals surface area (Å²) in [5.41, 5.74) is 5.95. The Hall–Kier alpha value is -0.0400. The summed E-state index contributed by atoms with van der Waals surface area (Å²) in [6.45, 7) is 4.57. The molecule has 0 aromatic heterocycles. The van der Waals surface area contributed by atoms with Crippen LogP contribution in [0.1, 0.15) is 52.4 Å². The molecule has 0 amide bonds. The number of hydrogen-bond donors (Lipinski definition) is 1. The molecule has 0 spiro atoms. The summed E-state index contributed by atoms with van der Waals surface area (Å²) in [7, 11) is 0. The molecule has 1 aliphatic carbocycles. The Bertz CT molecular complexity index is 122. The molecule has 3 atom stereocenters. The van der Waals surface area contributed by atoms with Crippen molar-refractivity contribution in [1.82, 2.24) is 0 Å². The van der Waals surface area contributed by atoms with E-state index >= 15 is 0 Å². The molecular formula is C11H23N. The summed E-state index contributed by atoms with van der Waals surface area (Å²) >= 11 is 0. The third-order valence-electron chi connectivity index (χ3n) is 3.21. The van der Waals surface area contributed by atoms with Crippen molar-refractivity contribution in [2.24, 2.45) is 17.6 Å². The zero-order valence-electron chi connectivity index (χ0n) is 8.55. The van der Waals surface area contributed by atoms with E-state index in [4.69, 9.17) is 5.73 Å². The fourth-order valence-electron chi connectivity index (χ4n) is 2.37. The monoisotopic (exact) mass is 169 g/mol. The predicted octanol–water partition coefficient (Wildman–Crippen LogP) is 2.94. The molecule has 2 N–H and O–H groups in total. The molecule has 1 fully saturated rings. The SMILES string of the molecule is CCC(N)CC1CCCC(C)C1. The smallest absolute Gasteiger partial charge is 0.00388 e. The Kier molecular flexibility index (Phi) is 4.07. The quantitative estimate of drug-likeness (QED) is 0.690. The fraction of sp³-hybridized carbons (Fsp3) is 1.00. The number of nitrogens with two attached hydrogens (primary N) is 1. The van der Waals surface area contributed by atoms with Crippen molar-refractivity contribution in [1.29, 1.82) is 0 Å². The molecule has 1 heteroatoms. The van der Waals surface area contributed by atoms with Gasteiger partial charge in [-0.3, -0.25) is 0 Å². The Labute approximate surface area is 76.7 Å². The van der Waals surface area contributed by atoms with Crippen molar-refractivity contribution < 1.29 is 0 Å². The summed E-state index contributed by atoms with van der Waals surface area (Å²) in [6, 6.07) is 0.459. The van der Waals surface area contributed by atoms with E-state index in [1.807, 2.05) is 0 Å². The van der Waals surface area contributed by atoms with E-state index in [1.165, 1.54) is 32.1 Å². The highest BCUT2D eigenvalue weighted by atomic mass is 14.6. The molecule has 3 unspecified atom stereocenters. The van der Waals surface area contributed by atoms with Crippen molar-refractivity contribution in [3.8, 4) is 0 Å². The molecule has 0 heterocycles. The van der Waals surface area contributed by atoms with Gasteiger partial charge in [0.05, 0.1) is 0 Å². The molecule has 1 nitrogen and oxygen atoms in total. The van der Waals surface area contributed by atoms with Crippen LogP contribution in [-0.4, -0.2) is 6.04 Å². The van der Waals surface area contributed by atoms with Crippen LogP contribution in [0.4, 0.5) is 0 Å². The summed E-state index contributed by atoms with van der Waals surface area (Å²) in [5, 5.41) is 0. The first-order chi connectivity index (χ1) is 5.72. The van der Waals surface area contributed by atoms with E-state index in [-0.39, 0.29) is 0 Å². The minimum Gasteiger partial charge on any atom is -0.328 e. The highest BCUT2D eigenvalue weighted by Gasteiger charge is 2.19. The van der Waals surface area contributed by atoms with Crippen molar-refractivity contribution in [2.75, 3.05) is 0 Å². The molecule has 0 saturated heterocycles. The van der Waals surface area contributed by atoms with Crippen molar-refractivity contribution in [3.05, 3.63) is 0 Å². The molecule has 0 aromatic rings. The molecule has 1 saturated carbocycles. The first kappa shape index (κ1) is 10.0. The van der Waals surface area contributed by atoms with E-state index in [2.05, 4.69) is 13.8 Å². The lowest BCUT2D eigenvalue weighted by Gasteiger charge is -2.28. The minimum absolute atomic E-state index is 0.459. The van der Waals surface area contributed by atoms with Crippen LogP contribution in [0.2, 0.25) is 0 Å². The van der Waals surface area contributed by atoms with Crippen molar-refractivity contribution in [2.45, 2.75) is 58.4 Å². The van der Waals surface area contributed by atoms with E-state index in [9.17, 15) is 0 Å². The molecule has 72 valence electrons. The van der Waals surface area contributed by atoms with Crippen LogP contribution in [0.15, 0.2) is 0 Å². The Balaban J connectivity index is 2.22. The lowest BCUT2D eigenvalue weighted by atomic mass is 9.79. The predicted molar refractivity (Wildman–Crippen MR) is 54.0 cm³/mol. The largest absolute Gasteiger partial charge is 0.328 e. The second-order valence-electron chi connectivity index (χ2n) is 4.54. The molecule has 0 aliphatic heterocycles. The molecule has 1 rings (SSSR count). The van der Waals surface area contributed by atoms with Crippen LogP contribution in [0, 0.1) is 11.8 Å². The zero-order valence-corrected chi connectivity index (χ0v) is 8.55. The summed E-state index contributed by atoms with van der Waals surface area (Å²) in [6.07, 6.45) is 8.14. The third kappa shape index (κ3) is 3.14. The molecule has 0 radical (unpaired) electrons. The van der Waals surface area contributed by atoms with Crippen LogP contribution in [0.3, 0.4) is 0 Å². The van der Waals surface area contributed by atoms with Gasteiger partial charge >= 0.3 is 0 Å². The van der Waals surface area contributed by atoms with Gasteiger partial charge in [-0.05, 0) is 31.1 Å². The van der Waals surface area contributed by atoms with Crippen LogP contribution in [0.5, 0.6) is 0 Å². The highest BCUT2D eigenvalue weighted by molar-refractivity contribution is 4.74.